The number of halogens is 4. The molecule has 0 aromatic rings. The van der Waals surface area contributed by atoms with Crippen LogP contribution in [0.1, 0.15) is 51.9 Å². The number of hydrazine groups is 1. The fraction of sp³-hybridized carbons (Fsp3) is 0.966. The van der Waals surface area contributed by atoms with E-state index in [1.165, 1.54) is 0 Å². The van der Waals surface area contributed by atoms with E-state index in [1.54, 1.807) is 0 Å². The molecule has 4 aliphatic heterocycles. The molecule has 4 saturated heterocycles. The van der Waals surface area contributed by atoms with Crippen LogP contribution in [0.3, 0.4) is 0 Å². The molecule has 41 heavy (non-hydrogen) atoms. The molecule has 0 aromatic heterocycles. The summed E-state index contributed by atoms with van der Waals surface area (Å²) < 4.78 is 69.0. The van der Waals surface area contributed by atoms with Crippen molar-refractivity contribution < 1.29 is 31.8 Å². The van der Waals surface area contributed by atoms with Gasteiger partial charge in [-0.15, -0.1) is 0 Å². The molecule has 4 heterocycles. The number of rotatable bonds is 8. The smallest absolute Gasteiger partial charge is 0.380 e. The summed E-state index contributed by atoms with van der Waals surface area (Å²) in [6, 6.07) is -0.133. The minimum atomic E-state index is -4.35. The first-order valence-electron chi connectivity index (χ1n) is 15.7. The average Bonchev–Trinajstić information content (AvgIpc) is 3.59. The Hall–Kier alpha value is -1.05. The molecule has 2 N–H and O–H groups in total. The van der Waals surface area contributed by atoms with Gasteiger partial charge >= 0.3 is 6.18 Å². The van der Waals surface area contributed by atoms with Gasteiger partial charge in [0.25, 0.3) is 0 Å². The molecule has 6 rings (SSSR count). The van der Waals surface area contributed by atoms with E-state index in [0.717, 1.165) is 25.9 Å². The number of carbonyl (C=O) groups excluding carboxylic acids is 1. The third-order valence-electron chi connectivity index (χ3n) is 11.2. The summed E-state index contributed by atoms with van der Waals surface area (Å²) in [6.07, 6.45) is -0.950. The van der Waals surface area contributed by atoms with Crippen molar-refractivity contribution in [1.82, 2.24) is 25.6 Å². The van der Waals surface area contributed by atoms with Crippen molar-refractivity contribution in [3.05, 3.63) is 0 Å². The van der Waals surface area contributed by atoms with Gasteiger partial charge in [-0.1, -0.05) is 0 Å². The predicted octanol–water partition coefficient (Wildman–Crippen LogP) is 3.00. The van der Waals surface area contributed by atoms with Crippen LogP contribution >= 0.6 is 0 Å². The Kier molecular flexibility index (Phi) is 8.63. The first kappa shape index (κ1) is 30.0. The van der Waals surface area contributed by atoms with Crippen molar-refractivity contribution in [3.63, 3.8) is 0 Å². The van der Waals surface area contributed by atoms with Crippen LogP contribution in [-0.2, 0) is 14.3 Å². The summed E-state index contributed by atoms with van der Waals surface area (Å²) in [5.74, 6) is -2.91. The topological polar surface area (TPSA) is 69.3 Å². The Labute approximate surface area is 240 Å². The largest absolute Gasteiger partial charge is 0.392 e. The Morgan fingerprint density at radius 2 is 1.93 bits per heavy atom. The molecule has 2 aliphatic carbocycles. The third-order valence-corrected chi connectivity index (χ3v) is 11.2. The second-order valence-electron chi connectivity index (χ2n) is 13.8. The highest BCUT2D eigenvalue weighted by molar-refractivity contribution is 5.82. The molecule has 6 aliphatic rings. The summed E-state index contributed by atoms with van der Waals surface area (Å²) >= 11 is 0. The quantitative estimate of drug-likeness (QED) is 0.422. The van der Waals surface area contributed by atoms with Crippen molar-refractivity contribution in [3.8, 4) is 0 Å². The van der Waals surface area contributed by atoms with Crippen molar-refractivity contribution in [2.24, 2.45) is 35.0 Å². The zero-order valence-corrected chi connectivity index (χ0v) is 24.4. The number of carbonyl (C=O) groups is 1. The van der Waals surface area contributed by atoms with Crippen LogP contribution in [0.2, 0.25) is 0 Å². The molecule has 0 radical (unpaired) electrons. The van der Waals surface area contributed by atoms with Gasteiger partial charge in [-0.05, 0) is 76.7 Å². The van der Waals surface area contributed by atoms with Gasteiger partial charge in [0.2, 0.25) is 5.91 Å². The van der Waals surface area contributed by atoms with E-state index in [0.29, 0.717) is 52.2 Å². The summed E-state index contributed by atoms with van der Waals surface area (Å²) in [5.41, 5.74) is 6.51. The number of nitrogens with one attached hydrogen (secondary N) is 2. The summed E-state index contributed by atoms with van der Waals surface area (Å²) in [7, 11) is 2.08. The van der Waals surface area contributed by atoms with Gasteiger partial charge < -0.3 is 19.3 Å². The lowest BCUT2D eigenvalue weighted by atomic mass is 9.63. The number of likely N-dealkylation sites (tertiary alicyclic amines) is 2. The molecule has 0 aromatic carbocycles. The van der Waals surface area contributed by atoms with Crippen LogP contribution in [0.5, 0.6) is 0 Å². The van der Waals surface area contributed by atoms with Gasteiger partial charge in [0.15, 0.2) is 0 Å². The Morgan fingerprint density at radius 1 is 1.12 bits per heavy atom. The van der Waals surface area contributed by atoms with E-state index < -0.39 is 30.1 Å². The first-order chi connectivity index (χ1) is 19.6. The highest BCUT2D eigenvalue weighted by atomic mass is 19.4. The van der Waals surface area contributed by atoms with Gasteiger partial charge in [0, 0.05) is 50.2 Å². The fourth-order valence-electron chi connectivity index (χ4n) is 9.03. The van der Waals surface area contributed by atoms with E-state index in [4.69, 9.17) is 9.47 Å². The van der Waals surface area contributed by atoms with E-state index in [9.17, 15) is 22.4 Å². The van der Waals surface area contributed by atoms with Gasteiger partial charge in [0.1, 0.15) is 6.17 Å². The molecule has 234 valence electrons. The molecule has 0 spiro atoms. The van der Waals surface area contributed by atoms with E-state index in [2.05, 4.69) is 22.8 Å². The lowest BCUT2D eigenvalue weighted by Gasteiger charge is -2.53. The zero-order valence-electron chi connectivity index (χ0n) is 24.4. The van der Waals surface area contributed by atoms with Crippen LogP contribution in [0.4, 0.5) is 17.6 Å². The van der Waals surface area contributed by atoms with E-state index in [-0.39, 0.29) is 61.0 Å². The van der Waals surface area contributed by atoms with Crippen LogP contribution in [0, 0.1) is 35.0 Å². The molecule has 9 atom stereocenters. The average molecular weight is 590 g/mol. The van der Waals surface area contributed by atoms with Crippen molar-refractivity contribution >= 4 is 5.91 Å². The summed E-state index contributed by atoms with van der Waals surface area (Å²) in [4.78, 5) is 20.0. The number of fused-ring (bicyclic) bond motifs is 1. The number of nitrogens with zero attached hydrogens (tertiary/aromatic N) is 3. The second-order valence-corrected chi connectivity index (χ2v) is 13.8. The van der Waals surface area contributed by atoms with E-state index >= 15 is 0 Å². The van der Waals surface area contributed by atoms with Gasteiger partial charge in [-0.3, -0.25) is 9.69 Å². The SMILES string of the molecule is CCOC1CC(N2CC3C(CC(CN4CC[C@H](F)C4)CC3C(F)(F)F)C2=O)CC(C2(CC3NNCN3C)COC2)C1. The number of hydrogen-bond acceptors (Lipinski definition) is 7. The molecular formula is C29H47F4N5O3. The normalized spacial score (nSPS) is 42.0. The van der Waals surface area contributed by atoms with E-state index in [1.807, 2.05) is 16.7 Å². The van der Waals surface area contributed by atoms with Crippen LogP contribution in [-0.4, -0.2) is 111 Å². The molecule has 2 saturated carbocycles. The predicted molar refractivity (Wildman–Crippen MR) is 144 cm³/mol. The summed E-state index contributed by atoms with van der Waals surface area (Å²) in [5, 5.41) is 0. The number of amides is 1. The molecule has 12 heteroatoms. The van der Waals surface area contributed by atoms with Crippen molar-refractivity contribution in [2.45, 2.75) is 82.5 Å². The lowest BCUT2D eigenvalue weighted by Crippen LogP contribution is -2.57. The molecule has 1 amide bonds. The molecule has 8 unspecified atom stereocenters. The van der Waals surface area contributed by atoms with Crippen LogP contribution in [0.25, 0.3) is 0 Å². The third kappa shape index (κ3) is 6.02. The van der Waals surface area contributed by atoms with Crippen LogP contribution < -0.4 is 10.9 Å². The maximum Gasteiger partial charge on any atom is 0.392 e. The van der Waals surface area contributed by atoms with Crippen LogP contribution in [0.15, 0.2) is 0 Å². The van der Waals surface area contributed by atoms with Crippen molar-refractivity contribution in [1.29, 1.82) is 0 Å². The van der Waals surface area contributed by atoms with Gasteiger partial charge in [-0.25, -0.2) is 15.2 Å². The summed E-state index contributed by atoms with van der Waals surface area (Å²) in [6.45, 7) is 6.10. The maximum absolute atomic E-state index is 14.4. The Balaban J connectivity index is 1.19. The van der Waals surface area contributed by atoms with Crippen molar-refractivity contribution in [2.75, 3.05) is 59.7 Å². The second kappa shape index (κ2) is 11.8. The fourth-order valence-corrected chi connectivity index (χ4v) is 9.03. The Morgan fingerprint density at radius 3 is 2.54 bits per heavy atom. The zero-order chi connectivity index (χ0) is 28.9. The first-order valence-corrected chi connectivity index (χ1v) is 15.7. The minimum absolute atomic E-state index is 0.0287. The maximum atomic E-state index is 14.4. The van der Waals surface area contributed by atoms with Gasteiger partial charge in [0.05, 0.1) is 38.1 Å². The van der Waals surface area contributed by atoms with Gasteiger partial charge in [-0.2, -0.15) is 13.2 Å². The molecular weight excluding hydrogens is 542 g/mol. The molecule has 0 bridgehead atoms. The number of ether oxygens (including phenoxy) is 2. The molecule has 8 nitrogen and oxygen atoms in total. The number of alkyl halides is 4. The standard InChI is InChI=1S/C29H47F4N5O3/c1-3-41-22-9-19(28(15-40-16-28)11-26-35-34-17-36(26)2)8-21(10-22)38-14-24-23(27(38)39)6-18(7-25(24)29(31,32)33)12-37-5-4-20(30)13-37/h18-26,34-35H,3-17H2,1-2H3/t18?,19?,20-,21?,22?,23?,24?,25?,26?/m0/s1. The number of hydrogen-bond donors (Lipinski definition) is 2. The Bertz CT molecular complexity index is 939. The monoisotopic (exact) mass is 589 g/mol. The molecule has 6 fully saturated rings. The highest BCUT2D eigenvalue weighted by Gasteiger charge is 2.59. The lowest BCUT2D eigenvalue weighted by molar-refractivity contribution is -0.204. The highest BCUT2D eigenvalue weighted by Crippen LogP contribution is 2.53. The minimum Gasteiger partial charge on any atom is -0.380 e.